The minimum absolute atomic E-state index is 0.477. The van der Waals surface area contributed by atoms with Crippen LogP contribution in [0.3, 0.4) is 0 Å². The monoisotopic (exact) mass is 240 g/mol. The Balaban J connectivity index is 2.39. The molecule has 1 aromatic rings. The molecule has 1 aromatic heterocycles. The maximum atomic E-state index is 4.46. The predicted molar refractivity (Wildman–Crippen MR) is 71.9 cm³/mol. The van der Waals surface area contributed by atoms with Gasteiger partial charge in [0.1, 0.15) is 0 Å². The Hall–Kier alpha value is -0.410. The van der Waals surface area contributed by atoms with Gasteiger partial charge >= 0.3 is 0 Å². The highest BCUT2D eigenvalue weighted by Gasteiger charge is 2.22. The molecule has 1 heterocycles. The van der Waals surface area contributed by atoms with E-state index in [1.54, 1.807) is 11.3 Å². The van der Waals surface area contributed by atoms with Gasteiger partial charge in [-0.1, -0.05) is 20.8 Å². The van der Waals surface area contributed by atoms with Crippen LogP contribution in [0.15, 0.2) is 5.38 Å². The summed E-state index contributed by atoms with van der Waals surface area (Å²) in [4.78, 5) is 4.46. The van der Waals surface area contributed by atoms with Crippen molar-refractivity contribution in [2.45, 2.75) is 53.5 Å². The van der Waals surface area contributed by atoms with E-state index in [2.05, 4.69) is 43.4 Å². The molecule has 0 spiro atoms. The van der Waals surface area contributed by atoms with Crippen molar-refractivity contribution in [2.24, 2.45) is 5.41 Å². The Morgan fingerprint density at radius 2 is 1.88 bits per heavy atom. The van der Waals surface area contributed by atoms with Crippen LogP contribution in [0.4, 0.5) is 0 Å². The van der Waals surface area contributed by atoms with E-state index in [1.807, 2.05) is 0 Å². The van der Waals surface area contributed by atoms with E-state index in [1.165, 1.54) is 25.0 Å². The Bertz CT molecular complexity index is 294. The van der Waals surface area contributed by atoms with Gasteiger partial charge in [0.15, 0.2) is 0 Å². The van der Waals surface area contributed by atoms with E-state index < -0.39 is 0 Å². The van der Waals surface area contributed by atoms with Gasteiger partial charge in [0, 0.05) is 18.5 Å². The predicted octanol–water partition coefficient (Wildman–Crippen LogP) is 3.76. The fraction of sp³-hybridized carbons (Fsp3) is 0.769. The summed E-state index contributed by atoms with van der Waals surface area (Å²) in [5.41, 5.74) is 1.66. The largest absolute Gasteiger partial charge is 0.311 e. The van der Waals surface area contributed by atoms with Crippen LogP contribution in [0.5, 0.6) is 0 Å². The molecule has 0 saturated heterocycles. The van der Waals surface area contributed by atoms with E-state index in [0.717, 1.165) is 18.1 Å². The first kappa shape index (κ1) is 13.7. The number of nitrogens with one attached hydrogen (secondary N) is 1. The van der Waals surface area contributed by atoms with Crippen LogP contribution in [-0.2, 0) is 6.54 Å². The first-order valence-electron chi connectivity index (χ1n) is 6.27. The van der Waals surface area contributed by atoms with Gasteiger partial charge in [-0.25, -0.2) is 4.98 Å². The fourth-order valence-electron chi connectivity index (χ4n) is 2.07. The summed E-state index contributed by atoms with van der Waals surface area (Å²) < 4.78 is 0. The molecule has 0 aromatic carbocycles. The molecule has 0 saturated carbocycles. The molecule has 1 rings (SSSR count). The van der Waals surface area contributed by atoms with Crippen LogP contribution in [0.1, 0.15) is 50.7 Å². The number of rotatable bonds is 7. The number of nitrogens with zero attached hydrogens (tertiary/aromatic N) is 1. The van der Waals surface area contributed by atoms with Crippen molar-refractivity contribution in [1.82, 2.24) is 10.3 Å². The summed E-state index contributed by atoms with van der Waals surface area (Å²) in [7, 11) is 0. The molecule has 0 unspecified atom stereocenters. The Kier molecular flexibility index (Phi) is 5.42. The van der Waals surface area contributed by atoms with Gasteiger partial charge in [-0.3, -0.25) is 0 Å². The normalized spacial score (nSPS) is 12.0. The minimum Gasteiger partial charge on any atom is -0.311 e. The maximum absolute atomic E-state index is 4.46. The van der Waals surface area contributed by atoms with Gasteiger partial charge < -0.3 is 5.32 Å². The molecule has 0 fully saturated rings. The van der Waals surface area contributed by atoms with Crippen molar-refractivity contribution in [3.05, 3.63) is 16.1 Å². The van der Waals surface area contributed by atoms with Crippen molar-refractivity contribution >= 4 is 11.3 Å². The number of aromatic nitrogens is 1. The molecular weight excluding hydrogens is 216 g/mol. The lowest BCUT2D eigenvalue weighted by atomic mass is 9.80. The van der Waals surface area contributed by atoms with Gasteiger partial charge in [0.25, 0.3) is 0 Å². The number of hydrogen-bond donors (Lipinski definition) is 1. The smallest absolute Gasteiger partial charge is 0.0897 e. The standard InChI is InChI=1S/C13H24N2S/c1-5-13(6-2,7-3)10-14-8-12-9-16-11(4)15-12/h9,14H,5-8,10H2,1-4H3. The van der Waals surface area contributed by atoms with Gasteiger partial charge in [-0.05, 0) is 31.6 Å². The lowest BCUT2D eigenvalue weighted by Crippen LogP contribution is -2.32. The Labute approximate surface area is 103 Å². The minimum atomic E-state index is 0.477. The molecule has 0 aliphatic heterocycles. The topological polar surface area (TPSA) is 24.9 Å². The van der Waals surface area contributed by atoms with Gasteiger partial charge in [-0.2, -0.15) is 0 Å². The zero-order valence-electron chi connectivity index (χ0n) is 11.0. The van der Waals surface area contributed by atoms with E-state index in [9.17, 15) is 0 Å². The molecule has 92 valence electrons. The number of hydrogen-bond acceptors (Lipinski definition) is 3. The molecule has 0 atom stereocenters. The molecule has 3 heteroatoms. The third-order valence-electron chi connectivity index (χ3n) is 3.72. The molecule has 2 nitrogen and oxygen atoms in total. The summed E-state index contributed by atoms with van der Waals surface area (Å²) in [6.07, 6.45) is 3.76. The first-order valence-corrected chi connectivity index (χ1v) is 7.15. The highest BCUT2D eigenvalue weighted by Crippen LogP contribution is 2.29. The van der Waals surface area contributed by atoms with E-state index in [-0.39, 0.29) is 0 Å². The second kappa shape index (κ2) is 6.36. The van der Waals surface area contributed by atoms with Gasteiger partial charge in [-0.15, -0.1) is 11.3 Å². The Morgan fingerprint density at radius 1 is 1.25 bits per heavy atom. The number of thiazole rings is 1. The third kappa shape index (κ3) is 3.56. The molecule has 0 aliphatic carbocycles. The van der Waals surface area contributed by atoms with Crippen LogP contribution >= 0.6 is 11.3 Å². The van der Waals surface area contributed by atoms with Crippen LogP contribution in [0.25, 0.3) is 0 Å². The summed E-state index contributed by atoms with van der Waals surface area (Å²) in [5.74, 6) is 0. The van der Waals surface area contributed by atoms with Crippen LogP contribution in [-0.4, -0.2) is 11.5 Å². The van der Waals surface area contributed by atoms with Crippen molar-refractivity contribution < 1.29 is 0 Å². The maximum Gasteiger partial charge on any atom is 0.0897 e. The lowest BCUT2D eigenvalue weighted by Gasteiger charge is -2.30. The average molecular weight is 240 g/mol. The van der Waals surface area contributed by atoms with Crippen LogP contribution < -0.4 is 5.32 Å². The number of aryl methyl sites for hydroxylation is 1. The van der Waals surface area contributed by atoms with Crippen LogP contribution in [0.2, 0.25) is 0 Å². The van der Waals surface area contributed by atoms with E-state index >= 15 is 0 Å². The zero-order chi connectivity index (χ0) is 12.0. The molecule has 0 amide bonds. The van der Waals surface area contributed by atoms with Crippen LogP contribution in [0, 0.1) is 12.3 Å². The molecule has 0 bridgehead atoms. The summed E-state index contributed by atoms with van der Waals surface area (Å²) >= 11 is 1.73. The van der Waals surface area contributed by atoms with Crippen molar-refractivity contribution in [3.63, 3.8) is 0 Å². The molecular formula is C13H24N2S. The molecule has 16 heavy (non-hydrogen) atoms. The van der Waals surface area contributed by atoms with E-state index in [4.69, 9.17) is 0 Å². The summed E-state index contributed by atoms with van der Waals surface area (Å²) in [6, 6.07) is 0. The highest BCUT2D eigenvalue weighted by molar-refractivity contribution is 7.09. The average Bonchev–Trinajstić information content (AvgIpc) is 2.71. The van der Waals surface area contributed by atoms with Crippen molar-refractivity contribution in [2.75, 3.05) is 6.54 Å². The second-order valence-corrected chi connectivity index (χ2v) is 5.58. The lowest BCUT2D eigenvalue weighted by molar-refractivity contribution is 0.237. The summed E-state index contributed by atoms with van der Waals surface area (Å²) in [5, 5.41) is 6.86. The van der Waals surface area contributed by atoms with Gasteiger partial charge in [0.2, 0.25) is 0 Å². The molecule has 0 radical (unpaired) electrons. The van der Waals surface area contributed by atoms with E-state index in [0.29, 0.717) is 5.41 Å². The highest BCUT2D eigenvalue weighted by atomic mass is 32.1. The second-order valence-electron chi connectivity index (χ2n) is 4.52. The third-order valence-corrected chi connectivity index (χ3v) is 4.55. The van der Waals surface area contributed by atoms with Gasteiger partial charge in [0.05, 0.1) is 10.7 Å². The summed E-state index contributed by atoms with van der Waals surface area (Å²) in [6.45, 7) is 11.0. The SMILES string of the molecule is CCC(CC)(CC)CNCc1csc(C)n1. The fourth-order valence-corrected chi connectivity index (χ4v) is 2.68. The first-order chi connectivity index (χ1) is 7.65. The quantitative estimate of drug-likeness (QED) is 0.785. The zero-order valence-corrected chi connectivity index (χ0v) is 11.8. The molecule has 1 N–H and O–H groups in total. The van der Waals surface area contributed by atoms with Crippen molar-refractivity contribution in [3.8, 4) is 0 Å². The molecule has 0 aliphatic rings. The Morgan fingerprint density at radius 3 is 2.31 bits per heavy atom. The van der Waals surface area contributed by atoms with Crippen molar-refractivity contribution in [1.29, 1.82) is 0 Å².